The lowest BCUT2D eigenvalue weighted by molar-refractivity contribution is 0.0731. The third kappa shape index (κ3) is 4.43. The number of hydrogen-bond acceptors (Lipinski definition) is 5. The van der Waals surface area contributed by atoms with Crippen LogP contribution in [0.3, 0.4) is 0 Å². The van der Waals surface area contributed by atoms with Crippen LogP contribution in [0, 0.1) is 0 Å². The monoisotopic (exact) mass is 258 g/mol. The summed E-state index contributed by atoms with van der Waals surface area (Å²) in [4.78, 5) is 0. The van der Waals surface area contributed by atoms with Gasteiger partial charge in [-0.15, -0.1) is 0 Å². The highest BCUT2D eigenvalue weighted by Crippen LogP contribution is 2.05. The van der Waals surface area contributed by atoms with E-state index in [4.69, 9.17) is 9.88 Å². The molecule has 0 atom stereocenters. The van der Waals surface area contributed by atoms with Crippen LogP contribution in [0.15, 0.2) is 0 Å². The van der Waals surface area contributed by atoms with E-state index in [2.05, 4.69) is 0 Å². The van der Waals surface area contributed by atoms with Crippen molar-refractivity contribution in [3.8, 4) is 0 Å². The zero-order chi connectivity index (χ0) is 11.5. The van der Waals surface area contributed by atoms with Crippen LogP contribution in [0.2, 0.25) is 0 Å². The van der Waals surface area contributed by atoms with Gasteiger partial charge >= 0.3 is 0 Å². The first-order chi connectivity index (χ1) is 6.81. The Morgan fingerprint density at radius 3 is 2.07 bits per heavy atom. The molecule has 1 rings (SSSR count). The maximum Gasteiger partial charge on any atom is 0.215 e. The fourth-order valence-corrected chi connectivity index (χ4v) is 3.91. The Hall–Kier alpha value is -0.220. The summed E-state index contributed by atoms with van der Waals surface area (Å²) in [6.45, 7) is 1.23. The van der Waals surface area contributed by atoms with Crippen LogP contribution in [-0.4, -0.2) is 58.9 Å². The van der Waals surface area contributed by atoms with E-state index in [0.717, 1.165) is 0 Å². The third-order valence-corrected chi connectivity index (χ3v) is 4.89. The highest BCUT2D eigenvalue weighted by atomic mass is 32.2. The molecule has 0 unspecified atom stereocenters. The zero-order valence-corrected chi connectivity index (χ0v) is 9.76. The first kappa shape index (κ1) is 12.8. The maximum absolute atomic E-state index is 11.6. The number of nitrogens with zero attached hydrogens (tertiary/aromatic N) is 1. The molecule has 1 aliphatic heterocycles. The Balaban J connectivity index is 2.58. The Labute approximate surface area is 89.3 Å². The summed E-state index contributed by atoms with van der Waals surface area (Å²) in [5, 5.41) is 4.74. The minimum absolute atomic E-state index is 0.271. The maximum atomic E-state index is 11.6. The van der Waals surface area contributed by atoms with Crippen LogP contribution in [0.4, 0.5) is 0 Å². The Morgan fingerprint density at radius 1 is 1.07 bits per heavy atom. The average molecular weight is 258 g/mol. The molecule has 1 fully saturated rings. The van der Waals surface area contributed by atoms with Crippen molar-refractivity contribution in [3.63, 3.8) is 0 Å². The van der Waals surface area contributed by atoms with Gasteiger partial charge in [-0.25, -0.2) is 22.0 Å². The molecule has 0 saturated carbocycles. The molecule has 7 nitrogen and oxygen atoms in total. The second-order valence-corrected chi connectivity index (χ2v) is 7.02. The molecule has 1 heterocycles. The number of ether oxygens (including phenoxy) is 1. The summed E-state index contributed by atoms with van der Waals surface area (Å²) in [7, 11) is -7.26. The van der Waals surface area contributed by atoms with Crippen molar-refractivity contribution in [1.29, 1.82) is 0 Å². The minimum atomic E-state index is -3.73. The first-order valence-electron chi connectivity index (χ1n) is 4.37. The topological polar surface area (TPSA) is 107 Å². The average Bonchev–Trinajstić information content (AvgIpc) is 2.16. The standard InChI is InChI=1S/C6H14N2O5S2/c7-14(9,10)5-6-15(11,12)8-1-3-13-4-2-8/h1-6H2,(H2,7,9,10). The predicted molar refractivity (Wildman–Crippen MR) is 54.2 cm³/mol. The van der Waals surface area contributed by atoms with Gasteiger partial charge in [-0.3, -0.25) is 0 Å². The molecule has 2 N–H and O–H groups in total. The second kappa shape index (κ2) is 4.74. The number of sulfonamides is 2. The molecule has 0 aromatic heterocycles. The van der Waals surface area contributed by atoms with E-state index in [-0.39, 0.29) is 13.1 Å². The van der Waals surface area contributed by atoms with Crippen molar-refractivity contribution < 1.29 is 21.6 Å². The molecule has 0 amide bonds. The fraction of sp³-hybridized carbons (Fsp3) is 1.00. The SMILES string of the molecule is NS(=O)(=O)CCS(=O)(=O)N1CCOCC1. The predicted octanol–water partition coefficient (Wildman–Crippen LogP) is -2.06. The normalized spacial score (nSPS) is 20.3. The molecule has 1 aliphatic rings. The van der Waals surface area contributed by atoms with Crippen LogP contribution in [0.25, 0.3) is 0 Å². The number of morpholine rings is 1. The van der Waals surface area contributed by atoms with Gasteiger partial charge in [-0.2, -0.15) is 4.31 Å². The summed E-state index contributed by atoms with van der Waals surface area (Å²) < 4.78 is 50.6. The second-order valence-electron chi connectivity index (χ2n) is 3.19. The smallest absolute Gasteiger partial charge is 0.215 e. The van der Waals surface area contributed by atoms with Crippen LogP contribution >= 0.6 is 0 Å². The van der Waals surface area contributed by atoms with Crippen LogP contribution in [0.1, 0.15) is 0 Å². The molecular formula is C6H14N2O5S2. The molecule has 15 heavy (non-hydrogen) atoms. The summed E-state index contributed by atoms with van der Waals surface area (Å²) in [6, 6.07) is 0. The molecule has 0 radical (unpaired) electrons. The third-order valence-electron chi connectivity index (χ3n) is 1.99. The van der Waals surface area contributed by atoms with Gasteiger partial charge in [0.15, 0.2) is 0 Å². The molecule has 1 saturated heterocycles. The largest absolute Gasteiger partial charge is 0.379 e. The lowest BCUT2D eigenvalue weighted by atomic mass is 10.5. The van der Waals surface area contributed by atoms with E-state index in [0.29, 0.717) is 13.2 Å². The van der Waals surface area contributed by atoms with Gasteiger partial charge in [0.05, 0.1) is 24.7 Å². The molecule has 0 aliphatic carbocycles. The summed E-state index contributed by atoms with van der Waals surface area (Å²) in [5.41, 5.74) is 0. The van der Waals surface area contributed by atoms with Gasteiger partial charge in [-0.05, 0) is 0 Å². The van der Waals surface area contributed by atoms with Crippen LogP contribution in [0.5, 0.6) is 0 Å². The van der Waals surface area contributed by atoms with Crippen molar-refractivity contribution in [3.05, 3.63) is 0 Å². The van der Waals surface area contributed by atoms with Gasteiger partial charge in [-0.1, -0.05) is 0 Å². The molecular weight excluding hydrogens is 244 g/mol. The first-order valence-corrected chi connectivity index (χ1v) is 7.70. The molecule has 0 bridgehead atoms. The summed E-state index contributed by atoms with van der Waals surface area (Å²) in [5.74, 6) is -1.02. The van der Waals surface area contributed by atoms with Crippen LogP contribution < -0.4 is 5.14 Å². The summed E-state index contributed by atoms with van der Waals surface area (Å²) in [6.07, 6.45) is 0. The number of hydrogen-bond donors (Lipinski definition) is 1. The van der Waals surface area contributed by atoms with Crippen molar-refractivity contribution in [2.75, 3.05) is 37.8 Å². The fourth-order valence-electron chi connectivity index (χ4n) is 1.18. The van der Waals surface area contributed by atoms with Gasteiger partial charge in [0, 0.05) is 13.1 Å². The van der Waals surface area contributed by atoms with Gasteiger partial charge in [0.2, 0.25) is 20.0 Å². The van der Waals surface area contributed by atoms with E-state index in [1.807, 2.05) is 0 Å². The number of rotatable bonds is 4. The van der Waals surface area contributed by atoms with E-state index >= 15 is 0 Å². The number of primary sulfonamides is 1. The van der Waals surface area contributed by atoms with E-state index < -0.39 is 31.6 Å². The van der Waals surface area contributed by atoms with E-state index in [9.17, 15) is 16.8 Å². The highest BCUT2D eigenvalue weighted by Gasteiger charge is 2.25. The van der Waals surface area contributed by atoms with E-state index in [1.165, 1.54) is 4.31 Å². The van der Waals surface area contributed by atoms with Gasteiger partial charge in [0.1, 0.15) is 0 Å². The minimum Gasteiger partial charge on any atom is -0.379 e. The van der Waals surface area contributed by atoms with E-state index in [1.54, 1.807) is 0 Å². The Morgan fingerprint density at radius 2 is 1.60 bits per heavy atom. The lowest BCUT2D eigenvalue weighted by Crippen LogP contribution is -2.43. The lowest BCUT2D eigenvalue weighted by Gasteiger charge is -2.25. The molecule has 0 aromatic carbocycles. The quantitative estimate of drug-likeness (QED) is 0.624. The van der Waals surface area contributed by atoms with Crippen molar-refractivity contribution >= 4 is 20.0 Å². The van der Waals surface area contributed by atoms with Crippen molar-refractivity contribution in [1.82, 2.24) is 4.31 Å². The summed E-state index contributed by atoms with van der Waals surface area (Å²) >= 11 is 0. The van der Waals surface area contributed by atoms with Crippen LogP contribution in [-0.2, 0) is 24.8 Å². The van der Waals surface area contributed by atoms with Gasteiger partial charge in [0.25, 0.3) is 0 Å². The molecule has 9 heteroatoms. The van der Waals surface area contributed by atoms with Crippen molar-refractivity contribution in [2.24, 2.45) is 5.14 Å². The molecule has 0 aromatic rings. The Bertz CT molecular complexity index is 395. The van der Waals surface area contributed by atoms with Gasteiger partial charge < -0.3 is 4.74 Å². The molecule has 90 valence electrons. The molecule has 0 spiro atoms. The Kier molecular flexibility index (Phi) is 4.06. The van der Waals surface area contributed by atoms with Crippen molar-refractivity contribution in [2.45, 2.75) is 0 Å². The highest BCUT2D eigenvalue weighted by molar-refractivity contribution is 7.92. The zero-order valence-electron chi connectivity index (χ0n) is 8.12. The number of nitrogens with two attached hydrogens (primary N) is 1.